The van der Waals surface area contributed by atoms with Crippen LogP contribution in [-0.2, 0) is 9.59 Å². The number of carbonyl (C=O) groups excluding carboxylic acids is 2. The molecule has 4 heteroatoms. The van der Waals surface area contributed by atoms with E-state index in [0.717, 1.165) is 19.4 Å². The summed E-state index contributed by atoms with van der Waals surface area (Å²) < 4.78 is 0. The Balaban J connectivity index is 2.01. The SMILES string of the molecule is CCC1(CN2CC(=O)NC(CC(C)C)C2=O)CC1. The fourth-order valence-electron chi connectivity index (χ4n) is 2.74. The van der Waals surface area contributed by atoms with Crippen LogP contribution in [0.15, 0.2) is 0 Å². The Kier molecular flexibility index (Phi) is 3.64. The number of nitrogens with one attached hydrogen (secondary N) is 1. The van der Waals surface area contributed by atoms with E-state index in [4.69, 9.17) is 0 Å². The topological polar surface area (TPSA) is 49.4 Å². The fraction of sp³-hybridized carbons (Fsp3) is 0.857. The lowest BCUT2D eigenvalue weighted by atomic mass is 9.98. The van der Waals surface area contributed by atoms with E-state index >= 15 is 0 Å². The highest BCUT2D eigenvalue weighted by Crippen LogP contribution is 2.49. The van der Waals surface area contributed by atoms with Crippen molar-refractivity contribution in [2.75, 3.05) is 13.1 Å². The molecule has 18 heavy (non-hydrogen) atoms. The van der Waals surface area contributed by atoms with Crippen LogP contribution in [0.5, 0.6) is 0 Å². The van der Waals surface area contributed by atoms with E-state index in [1.165, 1.54) is 12.8 Å². The minimum absolute atomic E-state index is 0.00727. The zero-order valence-corrected chi connectivity index (χ0v) is 11.7. The Morgan fingerprint density at radius 1 is 1.39 bits per heavy atom. The summed E-state index contributed by atoms with van der Waals surface area (Å²) in [5.74, 6) is 0.524. The molecule has 0 aromatic rings. The average Bonchev–Trinajstić information content (AvgIpc) is 3.05. The highest BCUT2D eigenvalue weighted by Gasteiger charge is 2.45. The third-order valence-electron chi connectivity index (χ3n) is 4.22. The molecule has 102 valence electrons. The minimum atomic E-state index is -0.307. The standard InChI is InChI=1S/C14H24N2O2/c1-4-14(5-6-14)9-16-8-12(17)15-11(13(16)18)7-10(2)3/h10-11H,4-9H2,1-3H3,(H,15,17). The maximum absolute atomic E-state index is 12.3. The van der Waals surface area contributed by atoms with Gasteiger partial charge in [-0.25, -0.2) is 0 Å². The fourth-order valence-corrected chi connectivity index (χ4v) is 2.74. The molecule has 1 unspecified atom stereocenters. The van der Waals surface area contributed by atoms with Gasteiger partial charge >= 0.3 is 0 Å². The number of nitrogens with zero attached hydrogens (tertiary/aromatic N) is 1. The zero-order valence-electron chi connectivity index (χ0n) is 11.7. The molecule has 0 spiro atoms. The van der Waals surface area contributed by atoms with Crippen LogP contribution in [0, 0.1) is 11.3 Å². The van der Waals surface area contributed by atoms with Crippen LogP contribution in [0.1, 0.15) is 46.5 Å². The molecule has 2 amide bonds. The molecule has 1 heterocycles. The number of hydrogen-bond donors (Lipinski definition) is 1. The molecule has 2 fully saturated rings. The van der Waals surface area contributed by atoms with Crippen molar-refractivity contribution in [1.29, 1.82) is 0 Å². The Morgan fingerprint density at radius 2 is 2.06 bits per heavy atom. The van der Waals surface area contributed by atoms with Crippen LogP contribution in [0.25, 0.3) is 0 Å². The third kappa shape index (κ3) is 2.85. The second kappa shape index (κ2) is 4.90. The van der Waals surface area contributed by atoms with Crippen molar-refractivity contribution in [2.24, 2.45) is 11.3 Å². The number of hydrogen-bond acceptors (Lipinski definition) is 2. The van der Waals surface area contributed by atoms with E-state index in [0.29, 0.717) is 11.3 Å². The van der Waals surface area contributed by atoms with Gasteiger partial charge in [0.1, 0.15) is 6.04 Å². The highest BCUT2D eigenvalue weighted by atomic mass is 16.2. The third-order valence-corrected chi connectivity index (χ3v) is 4.22. The van der Waals surface area contributed by atoms with Crippen molar-refractivity contribution in [3.8, 4) is 0 Å². The lowest BCUT2D eigenvalue weighted by Crippen LogP contribution is -2.59. The summed E-state index contributed by atoms with van der Waals surface area (Å²) in [6.45, 7) is 7.34. The van der Waals surface area contributed by atoms with Gasteiger partial charge in [-0.1, -0.05) is 20.8 Å². The zero-order chi connectivity index (χ0) is 13.3. The maximum Gasteiger partial charge on any atom is 0.245 e. The van der Waals surface area contributed by atoms with Gasteiger partial charge in [0.05, 0.1) is 6.54 Å². The van der Waals surface area contributed by atoms with Crippen molar-refractivity contribution < 1.29 is 9.59 Å². The van der Waals surface area contributed by atoms with Gasteiger partial charge in [0.15, 0.2) is 0 Å². The second-order valence-electron chi connectivity index (χ2n) is 6.30. The lowest BCUT2D eigenvalue weighted by molar-refractivity contribution is -0.145. The number of carbonyl (C=O) groups is 2. The van der Waals surface area contributed by atoms with Crippen molar-refractivity contribution >= 4 is 11.8 Å². The van der Waals surface area contributed by atoms with Crippen LogP contribution in [0.2, 0.25) is 0 Å². The Bertz CT molecular complexity index is 348. The van der Waals surface area contributed by atoms with Crippen LogP contribution >= 0.6 is 0 Å². The Morgan fingerprint density at radius 3 is 2.56 bits per heavy atom. The van der Waals surface area contributed by atoms with Gasteiger partial charge in [-0.3, -0.25) is 9.59 Å². The quantitative estimate of drug-likeness (QED) is 0.807. The molecule has 0 bridgehead atoms. The summed E-state index contributed by atoms with van der Waals surface area (Å²) >= 11 is 0. The van der Waals surface area contributed by atoms with Gasteiger partial charge < -0.3 is 10.2 Å². The van der Waals surface area contributed by atoms with Crippen molar-refractivity contribution in [3.63, 3.8) is 0 Å². The normalized spacial score (nSPS) is 26.4. The molecule has 1 atom stereocenters. The van der Waals surface area contributed by atoms with Crippen LogP contribution in [0.3, 0.4) is 0 Å². The van der Waals surface area contributed by atoms with Gasteiger partial charge in [-0.15, -0.1) is 0 Å². The van der Waals surface area contributed by atoms with E-state index in [2.05, 4.69) is 26.1 Å². The molecule has 0 aromatic carbocycles. The van der Waals surface area contributed by atoms with Gasteiger partial charge in [0.2, 0.25) is 11.8 Å². The summed E-state index contributed by atoms with van der Waals surface area (Å²) in [7, 11) is 0. The average molecular weight is 252 g/mol. The number of amides is 2. The van der Waals surface area contributed by atoms with Crippen LogP contribution < -0.4 is 5.32 Å². The maximum atomic E-state index is 12.3. The molecule has 0 radical (unpaired) electrons. The Hall–Kier alpha value is -1.06. The van der Waals surface area contributed by atoms with Crippen molar-refractivity contribution in [3.05, 3.63) is 0 Å². The molecule has 2 aliphatic rings. The first-order chi connectivity index (χ1) is 8.46. The van der Waals surface area contributed by atoms with Gasteiger partial charge in [-0.05, 0) is 37.0 Å². The molecule has 1 saturated heterocycles. The van der Waals surface area contributed by atoms with E-state index in [-0.39, 0.29) is 24.4 Å². The molecule has 2 rings (SSSR count). The summed E-state index contributed by atoms with van der Waals surface area (Å²) in [5, 5.41) is 2.82. The summed E-state index contributed by atoms with van der Waals surface area (Å²) in [6.07, 6.45) is 4.24. The van der Waals surface area contributed by atoms with Crippen molar-refractivity contribution in [2.45, 2.75) is 52.5 Å². The van der Waals surface area contributed by atoms with E-state index < -0.39 is 0 Å². The van der Waals surface area contributed by atoms with Crippen molar-refractivity contribution in [1.82, 2.24) is 10.2 Å². The molecule has 1 aliphatic carbocycles. The van der Waals surface area contributed by atoms with E-state index in [9.17, 15) is 9.59 Å². The van der Waals surface area contributed by atoms with Crippen LogP contribution in [-0.4, -0.2) is 35.8 Å². The monoisotopic (exact) mass is 252 g/mol. The second-order valence-corrected chi connectivity index (χ2v) is 6.30. The Labute approximate surface area is 109 Å². The first-order valence-corrected chi connectivity index (χ1v) is 7.04. The summed E-state index contributed by atoms with van der Waals surface area (Å²) in [6, 6.07) is -0.307. The molecule has 0 aromatic heterocycles. The first kappa shape index (κ1) is 13.4. The molecule has 4 nitrogen and oxygen atoms in total. The number of piperazine rings is 1. The van der Waals surface area contributed by atoms with Crippen LogP contribution in [0.4, 0.5) is 0 Å². The lowest BCUT2D eigenvalue weighted by Gasteiger charge is -2.35. The summed E-state index contributed by atoms with van der Waals surface area (Å²) in [5.41, 5.74) is 0.315. The van der Waals surface area contributed by atoms with Gasteiger partial charge in [-0.2, -0.15) is 0 Å². The van der Waals surface area contributed by atoms with Gasteiger partial charge in [0.25, 0.3) is 0 Å². The van der Waals surface area contributed by atoms with Gasteiger partial charge in [0, 0.05) is 6.54 Å². The highest BCUT2D eigenvalue weighted by molar-refractivity contribution is 5.94. The predicted molar refractivity (Wildman–Crippen MR) is 69.9 cm³/mol. The summed E-state index contributed by atoms with van der Waals surface area (Å²) in [4.78, 5) is 25.8. The molecular formula is C14H24N2O2. The first-order valence-electron chi connectivity index (χ1n) is 7.04. The molecule has 1 saturated carbocycles. The molecule has 1 N–H and O–H groups in total. The minimum Gasteiger partial charge on any atom is -0.343 e. The number of rotatable bonds is 5. The smallest absolute Gasteiger partial charge is 0.245 e. The largest absolute Gasteiger partial charge is 0.343 e. The van der Waals surface area contributed by atoms with E-state index in [1.807, 2.05) is 0 Å². The molecule has 1 aliphatic heterocycles. The van der Waals surface area contributed by atoms with E-state index in [1.54, 1.807) is 4.90 Å². The predicted octanol–water partition coefficient (Wildman–Crippen LogP) is 1.55. The molecular weight excluding hydrogens is 228 g/mol.